The number of rotatable bonds is 6. The van der Waals surface area contributed by atoms with Crippen LogP contribution in [0.2, 0.25) is 0 Å². The van der Waals surface area contributed by atoms with Gasteiger partial charge in [-0.05, 0) is 18.1 Å². The number of hydrogen-bond acceptors (Lipinski definition) is 4. The van der Waals surface area contributed by atoms with Crippen molar-refractivity contribution >= 4 is 16.0 Å². The largest absolute Gasteiger partial charge is 0.468 e. The van der Waals surface area contributed by atoms with Gasteiger partial charge in [0.25, 0.3) is 0 Å². The number of hydrogen-bond donors (Lipinski definition) is 1. The van der Waals surface area contributed by atoms with Gasteiger partial charge in [-0.15, -0.1) is 0 Å². The Hall–Kier alpha value is -1.47. The Bertz CT molecular complexity index is 573. The van der Waals surface area contributed by atoms with Crippen LogP contribution in [0.3, 0.4) is 0 Å². The Kier molecular flexibility index (Phi) is 5.64. The first-order chi connectivity index (χ1) is 9.33. The summed E-state index contributed by atoms with van der Waals surface area (Å²) in [5, 5.41) is 0. The average Bonchev–Trinajstić information content (AvgIpc) is 2.43. The summed E-state index contributed by atoms with van der Waals surface area (Å²) >= 11 is 0. The molecule has 1 aromatic carbocycles. The van der Waals surface area contributed by atoms with Crippen LogP contribution in [-0.2, 0) is 19.6 Å². The summed E-state index contributed by atoms with van der Waals surface area (Å²) in [5.74, 6) is -1.84. The number of methoxy groups -OCH3 is 1. The molecule has 0 heterocycles. The Balaban J connectivity index is 3.10. The minimum Gasteiger partial charge on any atom is -0.468 e. The van der Waals surface area contributed by atoms with Crippen molar-refractivity contribution in [2.24, 2.45) is 5.92 Å². The van der Waals surface area contributed by atoms with Gasteiger partial charge in [0, 0.05) is 0 Å². The second-order valence-electron chi connectivity index (χ2n) is 4.44. The molecule has 7 heteroatoms. The lowest BCUT2D eigenvalue weighted by atomic mass is 10.0. The van der Waals surface area contributed by atoms with Gasteiger partial charge < -0.3 is 4.74 Å². The maximum absolute atomic E-state index is 13.6. The smallest absolute Gasteiger partial charge is 0.324 e. The highest BCUT2D eigenvalue weighted by Gasteiger charge is 2.31. The van der Waals surface area contributed by atoms with Gasteiger partial charge in [0.05, 0.1) is 7.11 Å². The molecule has 20 heavy (non-hydrogen) atoms. The van der Waals surface area contributed by atoms with Crippen LogP contribution in [0, 0.1) is 11.7 Å². The summed E-state index contributed by atoms with van der Waals surface area (Å²) in [4.78, 5) is 11.2. The number of benzene rings is 1. The van der Waals surface area contributed by atoms with E-state index in [0.717, 1.165) is 12.1 Å². The number of esters is 1. The first-order valence-electron chi connectivity index (χ1n) is 6.18. The van der Waals surface area contributed by atoms with E-state index in [-0.39, 0.29) is 5.92 Å². The van der Waals surface area contributed by atoms with Crippen LogP contribution in [0.1, 0.15) is 20.3 Å². The molecule has 0 spiro atoms. The highest BCUT2D eigenvalue weighted by Crippen LogP contribution is 2.17. The van der Waals surface area contributed by atoms with E-state index in [1.165, 1.54) is 19.2 Å². The minimum atomic E-state index is -4.13. The fourth-order valence-corrected chi connectivity index (χ4v) is 3.02. The summed E-state index contributed by atoms with van der Waals surface area (Å²) in [6, 6.07) is 3.94. The predicted molar refractivity (Wildman–Crippen MR) is 72.0 cm³/mol. The maximum atomic E-state index is 13.6. The molecule has 5 nitrogen and oxygen atoms in total. The third-order valence-electron chi connectivity index (χ3n) is 3.08. The van der Waals surface area contributed by atoms with E-state index in [1.807, 2.05) is 6.92 Å². The van der Waals surface area contributed by atoms with Crippen molar-refractivity contribution in [3.8, 4) is 0 Å². The molecule has 0 aliphatic carbocycles. The van der Waals surface area contributed by atoms with E-state index < -0.39 is 32.7 Å². The fraction of sp³-hybridized carbons (Fsp3) is 0.462. The zero-order chi connectivity index (χ0) is 15.3. The molecule has 0 aliphatic rings. The number of sulfonamides is 1. The Morgan fingerprint density at radius 2 is 2.00 bits per heavy atom. The summed E-state index contributed by atoms with van der Waals surface area (Å²) < 4.78 is 44.7. The summed E-state index contributed by atoms with van der Waals surface area (Å²) in [5.41, 5.74) is 0. The summed E-state index contributed by atoms with van der Waals surface area (Å²) in [6.45, 7) is 3.53. The summed E-state index contributed by atoms with van der Waals surface area (Å²) in [6.07, 6.45) is 0.569. The van der Waals surface area contributed by atoms with Crippen LogP contribution in [0.15, 0.2) is 29.2 Å². The topological polar surface area (TPSA) is 72.5 Å². The van der Waals surface area contributed by atoms with Crippen molar-refractivity contribution < 1.29 is 22.3 Å². The lowest BCUT2D eigenvalue weighted by Gasteiger charge is -2.21. The molecule has 0 bridgehead atoms. The molecule has 1 N–H and O–H groups in total. The van der Waals surface area contributed by atoms with E-state index in [9.17, 15) is 17.6 Å². The highest BCUT2D eigenvalue weighted by atomic mass is 32.2. The zero-order valence-electron chi connectivity index (χ0n) is 11.6. The molecule has 0 amide bonds. The van der Waals surface area contributed by atoms with E-state index in [2.05, 4.69) is 9.46 Å². The van der Waals surface area contributed by atoms with Gasteiger partial charge in [0.2, 0.25) is 10.0 Å². The molecular weight excluding hydrogens is 285 g/mol. The molecular formula is C13H18FNO4S. The van der Waals surface area contributed by atoms with E-state index >= 15 is 0 Å². The molecule has 0 unspecified atom stereocenters. The molecule has 1 rings (SSSR count). The Morgan fingerprint density at radius 3 is 2.50 bits per heavy atom. The van der Waals surface area contributed by atoms with E-state index in [0.29, 0.717) is 6.42 Å². The van der Waals surface area contributed by atoms with Crippen LogP contribution in [0.4, 0.5) is 4.39 Å². The molecule has 0 saturated carbocycles. The standard InChI is InChI=1S/C13H18FNO4S/c1-4-9(2)12(13(16)19-3)15-20(17,18)11-8-6-5-7-10(11)14/h5-9,12,15H,4H2,1-3H3/t9-,12-/m1/s1. The van der Waals surface area contributed by atoms with Gasteiger partial charge in [-0.2, -0.15) is 4.72 Å². The van der Waals surface area contributed by atoms with Gasteiger partial charge in [-0.25, -0.2) is 12.8 Å². The molecule has 0 aromatic heterocycles. The van der Waals surface area contributed by atoms with Crippen molar-refractivity contribution in [3.05, 3.63) is 30.1 Å². The molecule has 0 aliphatic heterocycles. The Labute approximate surface area is 118 Å². The number of carbonyl (C=O) groups is 1. The first-order valence-corrected chi connectivity index (χ1v) is 7.66. The molecule has 112 valence electrons. The SMILES string of the molecule is CC[C@@H](C)[C@@H](NS(=O)(=O)c1ccccc1F)C(=O)OC. The average molecular weight is 303 g/mol. The second-order valence-corrected chi connectivity index (χ2v) is 6.12. The third kappa shape index (κ3) is 3.77. The van der Waals surface area contributed by atoms with E-state index in [1.54, 1.807) is 6.92 Å². The molecule has 0 saturated heterocycles. The second kappa shape index (κ2) is 6.81. The van der Waals surface area contributed by atoms with Gasteiger partial charge in [0.15, 0.2) is 0 Å². The van der Waals surface area contributed by atoms with Gasteiger partial charge in [0.1, 0.15) is 16.8 Å². The quantitative estimate of drug-likeness (QED) is 0.812. The lowest BCUT2D eigenvalue weighted by molar-refractivity contribution is -0.143. The van der Waals surface area contributed by atoms with Crippen molar-refractivity contribution in [2.45, 2.75) is 31.2 Å². The van der Waals surface area contributed by atoms with Gasteiger partial charge >= 0.3 is 5.97 Å². The zero-order valence-corrected chi connectivity index (χ0v) is 12.4. The van der Waals surface area contributed by atoms with Crippen molar-refractivity contribution in [1.29, 1.82) is 0 Å². The van der Waals surface area contributed by atoms with Gasteiger partial charge in [-0.3, -0.25) is 4.79 Å². The molecule has 0 fully saturated rings. The van der Waals surface area contributed by atoms with Crippen LogP contribution >= 0.6 is 0 Å². The number of ether oxygens (including phenoxy) is 1. The van der Waals surface area contributed by atoms with Crippen molar-refractivity contribution in [2.75, 3.05) is 7.11 Å². The van der Waals surface area contributed by atoms with Crippen LogP contribution in [0.25, 0.3) is 0 Å². The van der Waals surface area contributed by atoms with Crippen LogP contribution < -0.4 is 4.72 Å². The van der Waals surface area contributed by atoms with Crippen molar-refractivity contribution in [3.63, 3.8) is 0 Å². The molecule has 2 atom stereocenters. The summed E-state index contributed by atoms with van der Waals surface area (Å²) in [7, 11) is -2.95. The van der Waals surface area contributed by atoms with E-state index in [4.69, 9.17) is 0 Å². The number of halogens is 1. The van der Waals surface area contributed by atoms with Crippen molar-refractivity contribution in [1.82, 2.24) is 4.72 Å². The maximum Gasteiger partial charge on any atom is 0.324 e. The Morgan fingerprint density at radius 1 is 1.40 bits per heavy atom. The lowest BCUT2D eigenvalue weighted by Crippen LogP contribution is -2.45. The minimum absolute atomic E-state index is 0.274. The number of nitrogens with one attached hydrogen (secondary N) is 1. The predicted octanol–water partition coefficient (Wildman–Crippen LogP) is 1.69. The van der Waals surface area contributed by atoms with Crippen LogP contribution in [-0.4, -0.2) is 27.5 Å². The first kappa shape index (κ1) is 16.6. The van der Waals surface area contributed by atoms with Crippen LogP contribution in [0.5, 0.6) is 0 Å². The third-order valence-corrected chi connectivity index (χ3v) is 4.55. The van der Waals surface area contributed by atoms with Gasteiger partial charge in [-0.1, -0.05) is 32.4 Å². The molecule has 0 radical (unpaired) electrons. The number of carbonyl (C=O) groups excluding carboxylic acids is 1. The molecule has 1 aromatic rings. The monoisotopic (exact) mass is 303 g/mol. The normalized spacial score (nSPS) is 14.6. The fourth-order valence-electron chi connectivity index (χ4n) is 1.65. The highest BCUT2D eigenvalue weighted by molar-refractivity contribution is 7.89.